The van der Waals surface area contributed by atoms with E-state index in [1.54, 1.807) is 0 Å². The molecule has 1 fully saturated rings. The SMILES string of the molecule is Cn1cncc1C1CC1CNC(C)(C)C. The number of aryl methyl sites for hydroxylation is 1. The fourth-order valence-corrected chi connectivity index (χ4v) is 2.00. The molecular weight excluding hydrogens is 186 g/mol. The topological polar surface area (TPSA) is 29.9 Å². The summed E-state index contributed by atoms with van der Waals surface area (Å²) < 4.78 is 2.14. The highest BCUT2D eigenvalue weighted by molar-refractivity contribution is 5.16. The largest absolute Gasteiger partial charge is 0.337 e. The first-order valence-electron chi connectivity index (χ1n) is 5.68. The van der Waals surface area contributed by atoms with Gasteiger partial charge in [0, 0.05) is 30.4 Å². The molecule has 0 spiro atoms. The molecule has 2 rings (SSSR count). The van der Waals surface area contributed by atoms with E-state index in [-0.39, 0.29) is 5.54 Å². The summed E-state index contributed by atoms with van der Waals surface area (Å²) in [5, 5.41) is 3.57. The molecule has 3 heteroatoms. The van der Waals surface area contributed by atoms with Gasteiger partial charge in [-0.3, -0.25) is 0 Å². The van der Waals surface area contributed by atoms with Gasteiger partial charge in [0.15, 0.2) is 0 Å². The maximum absolute atomic E-state index is 4.17. The van der Waals surface area contributed by atoms with Crippen LogP contribution in [0.4, 0.5) is 0 Å². The monoisotopic (exact) mass is 207 g/mol. The van der Waals surface area contributed by atoms with E-state index in [1.807, 2.05) is 12.5 Å². The van der Waals surface area contributed by atoms with E-state index >= 15 is 0 Å². The second-order valence-corrected chi connectivity index (χ2v) is 5.66. The lowest BCUT2D eigenvalue weighted by Crippen LogP contribution is -2.37. The number of rotatable bonds is 3. The van der Waals surface area contributed by atoms with Crippen LogP contribution in [0.5, 0.6) is 0 Å². The lowest BCUT2D eigenvalue weighted by molar-refractivity contribution is 0.413. The highest BCUT2D eigenvalue weighted by atomic mass is 15.0. The molecule has 2 atom stereocenters. The van der Waals surface area contributed by atoms with Crippen LogP contribution in [-0.2, 0) is 7.05 Å². The van der Waals surface area contributed by atoms with Crippen LogP contribution in [0.15, 0.2) is 12.5 Å². The van der Waals surface area contributed by atoms with Gasteiger partial charge in [-0.1, -0.05) is 0 Å². The number of aromatic nitrogens is 2. The molecule has 3 nitrogen and oxygen atoms in total. The van der Waals surface area contributed by atoms with Gasteiger partial charge < -0.3 is 9.88 Å². The van der Waals surface area contributed by atoms with Crippen molar-refractivity contribution >= 4 is 0 Å². The Bertz CT molecular complexity index is 335. The van der Waals surface area contributed by atoms with Crippen LogP contribution in [-0.4, -0.2) is 21.6 Å². The smallest absolute Gasteiger partial charge is 0.0945 e. The van der Waals surface area contributed by atoms with Crippen molar-refractivity contribution in [1.82, 2.24) is 14.9 Å². The summed E-state index contributed by atoms with van der Waals surface area (Å²) in [4.78, 5) is 4.17. The third kappa shape index (κ3) is 2.59. The molecule has 1 heterocycles. The first-order chi connectivity index (χ1) is 6.97. The van der Waals surface area contributed by atoms with Crippen molar-refractivity contribution in [3.8, 4) is 0 Å². The molecule has 1 aromatic heterocycles. The number of hydrogen-bond donors (Lipinski definition) is 1. The summed E-state index contributed by atoms with van der Waals surface area (Å²) in [7, 11) is 2.08. The second-order valence-electron chi connectivity index (χ2n) is 5.66. The third-order valence-electron chi connectivity index (χ3n) is 3.05. The Labute approximate surface area is 91.9 Å². The average Bonchev–Trinajstić information content (AvgIpc) is 2.77. The quantitative estimate of drug-likeness (QED) is 0.820. The molecule has 1 N–H and O–H groups in total. The molecule has 1 aliphatic rings. The normalized spacial score (nSPS) is 25.6. The molecule has 0 bridgehead atoms. The molecule has 2 unspecified atom stereocenters. The predicted octanol–water partition coefficient (Wildman–Crippen LogP) is 1.91. The van der Waals surface area contributed by atoms with Gasteiger partial charge in [-0.05, 0) is 39.7 Å². The van der Waals surface area contributed by atoms with E-state index in [0.29, 0.717) is 0 Å². The number of nitrogens with one attached hydrogen (secondary N) is 1. The average molecular weight is 207 g/mol. The van der Waals surface area contributed by atoms with Gasteiger partial charge in [-0.25, -0.2) is 4.98 Å². The van der Waals surface area contributed by atoms with Gasteiger partial charge in [-0.15, -0.1) is 0 Å². The summed E-state index contributed by atoms with van der Waals surface area (Å²) in [5.74, 6) is 1.53. The molecule has 0 aromatic carbocycles. The van der Waals surface area contributed by atoms with Crippen molar-refractivity contribution < 1.29 is 0 Å². The standard InChI is InChI=1S/C12H21N3/c1-12(2,3)14-6-9-5-10(9)11-7-13-8-15(11)4/h7-10,14H,5-6H2,1-4H3. The summed E-state index contributed by atoms with van der Waals surface area (Å²) in [6.45, 7) is 7.77. The van der Waals surface area contributed by atoms with Crippen LogP contribution < -0.4 is 5.32 Å². The predicted molar refractivity (Wildman–Crippen MR) is 61.8 cm³/mol. The van der Waals surface area contributed by atoms with E-state index in [0.717, 1.165) is 18.4 Å². The maximum atomic E-state index is 4.17. The molecule has 1 aliphatic carbocycles. The summed E-state index contributed by atoms with van der Waals surface area (Å²) >= 11 is 0. The summed E-state index contributed by atoms with van der Waals surface area (Å²) in [6.07, 6.45) is 5.20. The third-order valence-corrected chi connectivity index (χ3v) is 3.05. The lowest BCUT2D eigenvalue weighted by atomic mass is 10.1. The highest BCUT2D eigenvalue weighted by Crippen LogP contribution is 2.46. The van der Waals surface area contributed by atoms with Gasteiger partial charge in [0.1, 0.15) is 0 Å². The van der Waals surface area contributed by atoms with Crippen LogP contribution in [0, 0.1) is 5.92 Å². The number of nitrogens with zero attached hydrogens (tertiary/aromatic N) is 2. The lowest BCUT2D eigenvalue weighted by Gasteiger charge is -2.20. The van der Waals surface area contributed by atoms with Gasteiger partial charge in [0.05, 0.1) is 6.33 Å². The van der Waals surface area contributed by atoms with Gasteiger partial charge in [-0.2, -0.15) is 0 Å². The molecule has 0 saturated heterocycles. The summed E-state index contributed by atoms with van der Waals surface area (Å²) in [5.41, 5.74) is 1.62. The van der Waals surface area contributed by atoms with Crippen molar-refractivity contribution in [2.45, 2.75) is 38.6 Å². The molecule has 0 amide bonds. The Kier molecular flexibility index (Phi) is 2.59. The number of hydrogen-bond acceptors (Lipinski definition) is 2. The minimum atomic E-state index is 0.236. The minimum absolute atomic E-state index is 0.236. The van der Waals surface area contributed by atoms with E-state index in [1.165, 1.54) is 12.1 Å². The Hall–Kier alpha value is -0.830. The molecule has 15 heavy (non-hydrogen) atoms. The van der Waals surface area contributed by atoms with E-state index < -0.39 is 0 Å². The molecule has 84 valence electrons. The molecule has 1 aromatic rings. The van der Waals surface area contributed by atoms with Crippen LogP contribution in [0.3, 0.4) is 0 Å². The van der Waals surface area contributed by atoms with Crippen molar-refractivity contribution in [3.63, 3.8) is 0 Å². The Morgan fingerprint density at radius 2 is 2.27 bits per heavy atom. The zero-order valence-electron chi connectivity index (χ0n) is 10.1. The van der Waals surface area contributed by atoms with Crippen molar-refractivity contribution in [2.24, 2.45) is 13.0 Å². The maximum Gasteiger partial charge on any atom is 0.0945 e. The van der Waals surface area contributed by atoms with E-state index in [9.17, 15) is 0 Å². The van der Waals surface area contributed by atoms with Gasteiger partial charge >= 0.3 is 0 Å². The van der Waals surface area contributed by atoms with Crippen molar-refractivity contribution in [2.75, 3.05) is 6.54 Å². The van der Waals surface area contributed by atoms with Crippen LogP contribution in [0.1, 0.15) is 38.8 Å². The Morgan fingerprint density at radius 3 is 2.80 bits per heavy atom. The van der Waals surface area contributed by atoms with Gasteiger partial charge in [0.2, 0.25) is 0 Å². The Balaban J connectivity index is 1.84. The molecule has 0 radical (unpaired) electrons. The zero-order chi connectivity index (χ0) is 11.1. The molecular formula is C12H21N3. The highest BCUT2D eigenvalue weighted by Gasteiger charge is 2.40. The summed E-state index contributed by atoms with van der Waals surface area (Å²) in [6, 6.07) is 0. The van der Waals surface area contributed by atoms with Crippen LogP contribution >= 0.6 is 0 Å². The molecule has 0 aliphatic heterocycles. The fraction of sp³-hybridized carbons (Fsp3) is 0.750. The number of imidazole rings is 1. The van der Waals surface area contributed by atoms with Crippen molar-refractivity contribution in [1.29, 1.82) is 0 Å². The van der Waals surface area contributed by atoms with Crippen LogP contribution in [0.2, 0.25) is 0 Å². The Morgan fingerprint density at radius 1 is 1.53 bits per heavy atom. The second kappa shape index (κ2) is 3.63. The van der Waals surface area contributed by atoms with Crippen molar-refractivity contribution in [3.05, 3.63) is 18.2 Å². The first-order valence-corrected chi connectivity index (χ1v) is 5.68. The fourth-order valence-electron chi connectivity index (χ4n) is 2.00. The van der Waals surface area contributed by atoms with E-state index in [2.05, 4.69) is 42.7 Å². The van der Waals surface area contributed by atoms with E-state index in [4.69, 9.17) is 0 Å². The first kappa shape index (κ1) is 10.7. The van der Waals surface area contributed by atoms with Crippen LogP contribution in [0.25, 0.3) is 0 Å². The van der Waals surface area contributed by atoms with Gasteiger partial charge in [0.25, 0.3) is 0 Å². The molecule has 1 saturated carbocycles. The zero-order valence-corrected chi connectivity index (χ0v) is 10.1. The minimum Gasteiger partial charge on any atom is -0.337 e.